The van der Waals surface area contributed by atoms with Gasteiger partial charge in [0, 0.05) is 18.6 Å². The number of nitrogens with one attached hydrogen (secondary N) is 1. The third-order valence-corrected chi connectivity index (χ3v) is 3.69. The molecule has 0 atom stereocenters. The Morgan fingerprint density at radius 3 is 2.75 bits per heavy atom. The van der Waals surface area contributed by atoms with Crippen LogP contribution in [0.25, 0.3) is 22.3 Å². The highest BCUT2D eigenvalue weighted by molar-refractivity contribution is 6.30. The summed E-state index contributed by atoms with van der Waals surface area (Å²) >= 11 is 6.10. The lowest BCUT2D eigenvalue weighted by Crippen LogP contribution is -1.97. The van der Waals surface area contributed by atoms with Crippen LogP contribution in [0.1, 0.15) is 6.92 Å². The first-order valence-corrected chi connectivity index (χ1v) is 7.04. The van der Waals surface area contributed by atoms with Crippen molar-refractivity contribution in [3.8, 4) is 11.3 Å². The molecular formula is C16H16ClN3. The van der Waals surface area contributed by atoms with E-state index in [4.69, 9.17) is 11.6 Å². The van der Waals surface area contributed by atoms with Crippen molar-refractivity contribution < 1.29 is 0 Å². The Kier molecular flexibility index (Phi) is 3.36. The second-order valence-electron chi connectivity index (χ2n) is 4.64. The molecule has 1 N–H and O–H groups in total. The summed E-state index contributed by atoms with van der Waals surface area (Å²) in [4.78, 5) is 4.61. The van der Waals surface area contributed by atoms with E-state index >= 15 is 0 Å². The Bertz CT molecular complexity index is 762. The molecule has 0 bridgehead atoms. The maximum atomic E-state index is 6.10. The average Bonchev–Trinajstić information content (AvgIpc) is 2.84. The summed E-state index contributed by atoms with van der Waals surface area (Å²) in [7, 11) is 1.88. The molecule has 2 aromatic heterocycles. The van der Waals surface area contributed by atoms with E-state index < -0.39 is 0 Å². The first-order valence-electron chi connectivity index (χ1n) is 6.67. The van der Waals surface area contributed by atoms with Crippen LogP contribution in [0.3, 0.4) is 0 Å². The number of nitrogens with zero attached hydrogens (tertiary/aromatic N) is 2. The molecule has 3 nitrogen and oxygen atoms in total. The lowest BCUT2D eigenvalue weighted by molar-refractivity contribution is 0.805. The van der Waals surface area contributed by atoms with Crippen molar-refractivity contribution >= 4 is 28.5 Å². The maximum Gasteiger partial charge on any atom is 0.126 e. The minimum atomic E-state index is 0.749. The summed E-state index contributed by atoms with van der Waals surface area (Å²) < 4.78 is 2.26. The fourth-order valence-corrected chi connectivity index (χ4v) is 2.70. The number of halogens is 1. The number of anilines is 1. The fraction of sp³-hybridized carbons (Fsp3) is 0.188. The van der Waals surface area contributed by atoms with Gasteiger partial charge in [-0.3, -0.25) is 0 Å². The van der Waals surface area contributed by atoms with Crippen molar-refractivity contribution in [2.45, 2.75) is 13.5 Å². The van der Waals surface area contributed by atoms with Crippen LogP contribution in [0.5, 0.6) is 0 Å². The van der Waals surface area contributed by atoms with Crippen LogP contribution in [0, 0.1) is 0 Å². The molecule has 3 aromatic rings. The molecule has 0 aliphatic rings. The SMILES string of the molecule is CCn1c(-c2cccc(Cl)c2)cc2nc(NC)ccc21. The van der Waals surface area contributed by atoms with Crippen LogP contribution >= 0.6 is 11.6 Å². The van der Waals surface area contributed by atoms with Gasteiger partial charge in [-0.2, -0.15) is 0 Å². The number of hydrogen-bond acceptors (Lipinski definition) is 2. The normalized spacial score (nSPS) is 10.9. The molecule has 102 valence electrons. The zero-order chi connectivity index (χ0) is 14.1. The molecule has 3 rings (SSSR count). The van der Waals surface area contributed by atoms with Gasteiger partial charge in [0.15, 0.2) is 0 Å². The van der Waals surface area contributed by atoms with E-state index in [0.29, 0.717) is 0 Å². The monoisotopic (exact) mass is 285 g/mol. The lowest BCUT2D eigenvalue weighted by Gasteiger charge is -2.08. The number of hydrogen-bond donors (Lipinski definition) is 1. The largest absolute Gasteiger partial charge is 0.373 e. The quantitative estimate of drug-likeness (QED) is 0.772. The van der Waals surface area contributed by atoms with Gasteiger partial charge in [-0.1, -0.05) is 23.7 Å². The van der Waals surface area contributed by atoms with Crippen LogP contribution < -0.4 is 5.32 Å². The molecule has 0 aliphatic carbocycles. The molecule has 0 unspecified atom stereocenters. The Morgan fingerprint density at radius 1 is 1.20 bits per heavy atom. The van der Waals surface area contributed by atoms with Crippen LogP contribution in [-0.4, -0.2) is 16.6 Å². The number of aromatic nitrogens is 2. The Balaban J connectivity index is 2.24. The molecule has 0 radical (unpaired) electrons. The molecule has 0 spiro atoms. The summed E-state index contributed by atoms with van der Waals surface area (Å²) in [6, 6.07) is 14.1. The third-order valence-electron chi connectivity index (χ3n) is 3.45. The summed E-state index contributed by atoms with van der Waals surface area (Å²) in [5.41, 5.74) is 4.39. The minimum absolute atomic E-state index is 0.749. The average molecular weight is 286 g/mol. The van der Waals surface area contributed by atoms with Crippen molar-refractivity contribution in [1.82, 2.24) is 9.55 Å². The van der Waals surface area contributed by atoms with Gasteiger partial charge in [-0.05, 0) is 42.8 Å². The van der Waals surface area contributed by atoms with Crippen molar-refractivity contribution in [1.29, 1.82) is 0 Å². The van der Waals surface area contributed by atoms with Crippen molar-refractivity contribution in [3.05, 3.63) is 47.5 Å². The van der Waals surface area contributed by atoms with Gasteiger partial charge in [0.25, 0.3) is 0 Å². The van der Waals surface area contributed by atoms with Crippen LogP contribution in [0.15, 0.2) is 42.5 Å². The van der Waals surface area contributed by atoms with Crippen LogP contribution in [0.4, 0.5) is 5.82 Å². The number of aryl methyl sites for hydroxylation is 1. The minimum Gasteiger partial charge on any atom is -0.373 e. The van der Waals surface area contributed by atoms with E-state index in [1.165, 1.54) is 0 Å². The second kappa shape index (κ2) is 5.17. The van der Waals surface area contributed by atoms with Gasteiger partial charge in [0.05, 0.1) is 16.7 Å². The highest BCUT2D eigenvalue weighted by Gasteiger charge is 2.11. The summed E-state index contributed by atoms with van der Waals surface area (Å²) in [6.07, 6.45) is 0. The first-order chi connectivity index (χ1) is 9.72. The number of rotatable bonds is 3. The lowest BCUT2D eigenvalue weighted by atomic mass is 10.1. The Morgan fingerprint density at radius 2 is 2.05 bits per heavy atom. The Hall–Kier alpha value is -2.00. The first kappa shape index (κ1) is 13.0. The molecule has 2 heterocycles. The molecular weight excluding hydrogens is 270 g/mol. The predicted molar refractivity (Wildman–Crippen MR) is 85.4 cm³/mol. The summed E-state index contributed by atoms with van der Waals surface area (Å²) in [6.45, 7) is 3.03. The van der Waals surface area contributed by atoms with Gasteiger partial charge >= 0.3 is 0 Å². The van der Waals surface area contributed by atoms with E-state index in [9.17, 15) is 0 Å². The zero-order valence-corrected chi connectivity index (χ0v) is 12.3. The molecule has 0 saturated carbocycles. The van der Waals surface area contributed by atoms with Crippen LogP contribution in [0.2, 0.25) is 5.02 Å². The molecule has 4 heteroatoms. The highest BCUT2D eigenvalue weighted by Crippen LogP contribution is 2.29. The number of benzene rings is 1. The van der Waals surface area contributed by atoms with Crippen molar-refractivity contribution in [2.24, 2.45) is 0 Å². The molecule has 0 aliphatic heterocycles. The summed E-state index contributed by atoms with van der Waals surface area (Å²) in [5, 5.41) is 3.82. The van der Waals surface area contributed by atoms with E-state index in [0.717, 1.165) is 39.7 Å². The van der Waals surface area contributed by atoms with Gasteiger partial charge < -0.3 is 9.88 Å². The van der Waals surface area contributed by atoms with Crippen molar-refractivity contribution in [3.63, 3.8) is 0 Å². The van der Waals surface area contributed by atoms with Gasteiger partial charge in [-0.15, -0.1) is 0 Å². The second-order valence-corrected chi connectivity index (χ2v) is 5.07. The number of pyridine rings is 1. The predicted octanol–water partition coefficient (Wildman–Crippen LogP) is 4.42. The topological polar surface area (TPSA) is 29.9 Å². The van der Waals surface area contributed by atoms with E-state index in [2.05, 4.69) is 40.0 Å². The van der Waals surface area contributed by atoms with Gasteiger partial charge in [-0.25, -0.2) is 4.98 Å². The zero-order valence-electron chi connectivity index (χ0n) is 11.5. The van der Waals surface area contributed by atoms with E-state index in [1.807, 2.05) is 31.3 Å². The highest BCUT2D eigenvalue weighted by atomic mass is 35.5. The van der Waals surface area contributed by atoms with Gasteiger partial charge in [0.2, 0.25) is 0 Å². The summed E-state index contributed by atoms with van der Waals surface area (Å²) in [5.74, 6) is 0.878. The molecule has 0 fully saturated rings. The smallest absolute Gasteiger partial charge is 0.126 e. The van der Waals surface area contributed by atoms with E-state index in [-0.39, 0.29) is 0 Å². The van der Waals surface area contributed by atoms with Crippen molar-refractivity contribution in [2.75, 3.05) is 12.4 Å². The molecule has 1 aromatic carbocycles. The molecule has 0 saturated heterocycles. The molecule has 20 heavy (non-hydrogen) atoms. The van der Waals surface area contributed by atoms with Gasteiger partial charge in [0.1, 0.15) is 5.82 Å². The fourth-order valence-electron chi connectivity index (χ4n) is 2.51. The Labute approximate surface area is 123 Å². The third kappa shape index (κ3) is 2.14. The van der Waals surface area contributed by atoms with Crippen LogP contribution in [-0.2, 0) is 6.54 Å². The standard InChI is InChI=1S/C16H16ClN3/c1-3-20-14-7-8-16(18-2)19-13(14)10-15(20)11-5-4-6-12(17)9-11/h4-10H,3H2,1-2H3,(H,18,19). The molecule has 0 amide bonds. The number of fused-ring (bicyclic) bond motifs is 1. The van der Waals surface area contributed by atoms with E-state index in [1.54, 1.807) is 0 Å². The maximum absolute atomic E-state index is 6.10.